The molecule has 2 aromatic carbocycles. The van der Waals surface area contributed by atoms with Gasteiger partial charge in [0.1, 0.15) is 6.04 Å². The minimum atomic E-state index is -0.470. The maximum atomic E-state index is 12.2. The van der Waals surface area contributed by atoms with E-state index in [0.717, 1.165) is 11.4 Å². The van der Waals surface area contributed by atoms with Crippen molar-refractivity contribution >= 4 is 17.3 Å². The molecule has 0 spiro atoms. The number of hydrogen-bond donors (Lipinski definition) is 3. The second-order valence-corrected chi connectivity index (χ2v) is 4.43. The Morgan fingerprint density at radius 3 is 2.05 bits per heavy atom. The maximum absolute atomic E-state index is 12.2. The van der Waals surface area contributed by atoms with Crippen LogP contribution in [0.25, 0.3) is 0 Å². The first-order chi connectivity index (χ1) is 9.79. The van der Waals surface area contributed by atoms with Crippen molar-refractivity contribution in [3.63, 3.8) is 0 Å². The Bertz CT molecular complexity index is 529. The highest BCUT2D eigenvalue weighted by molar-refractivity contribution is 5.96. The van der Waals surface area contributed by atoms with Crippen LogP contribution in [-0.2, 0) is 4.79 Å². The van der Waals surface area contributed by atoms with Gasteiger partial charge in [0.2, 0.25) is 5.91 Å². The van der Waals surface area contributed by atoms with Gasteiger partial charge in [0.25, 0.3) is 0 Å². The Balaban J connectivity index is 2.02. The minimum Gasteiger partial charge on any atom is -0.396 e. The van der Waals surface area contributed by atoms with Crippen molar-refractivity contribution in [2.45, 2.75) is 12.5 Å². The molecule has 4 nitrogen and oxygen atoms in total. The average molecular weight is 270 g/mol. The molecule has 1 atom stereocenters. The van der Waals surface area contributed by atoms with Gasteiger partial charge in [-0.05, 0) is 30.7 Å². The fourth-order valence-corrected chi connectivity index (χ4v) is 1.88. The molecule has 4 heteroatoms. The summed E-state index contributed by atoms with van der Waals surface area (Å²) in [6.45, 7) is -0.0489. The van der Waals surface area contributed by atoms with Crippen molar-refractivity contribution in [3.8, 4) is 0 Å². The third kappa shape index (κ3) is 4.10. The summed E-state index contributed by atoms with van der Waals surface area (Å²) in [5.74, 6) is -0.158. The summed E-state index contributed by atoms with van der Waals surface area (Å²) in [6.07, 6.45) is 0.355. The molecule has 0 aliphatic heterocycles. The second kappa shape index (κ2) is 7.31. The van der Waals surface area contributed by atoms with E-state index in [1.807, 2.05) is 60.7 Å². The number of benzene rings is 2. The number of rotatable bonds is 6. The van der Waals surface area contributed by atoms with Crippen LogP contribution in [0.3, 0.4) is 0 Å². The first kappa shape index (κ1) is 14.1. The summed E-state index contributed by atoms with van der Waals surface area (Å²) in [4.78, 5) is 12.2. The zero-order valence-corrected chi connectivity index (χ0v) is 11.1. The Labute approximate surface area is 118 Å². The topological polar surface area (TPSA) is 61.4 Å². The van der Waals surface area contributed by atoms with Gasteiger partial charge in [-0.3, -0.25) is 4.79 Å². The standard InChI is InChI=1S/C16H18N2O2/c19-12-11-15(17-13-7-3-1-4-8-13)16(20)18-14-9-5-2-6-10-14/h1-10,15,17,19H,11-12H2,(H,18,20). The molecule has 0 radical (unpaired) electrons. The summed E-state index contributed by atoms with van der Waals surface area (Å²) in [5.41, 5.74) is 1.60. The molecular formula is C16H18N2O2. The first-order valence-electron chi connectivity index (χ1n) is 6.58. The number of aliphatic hydroxyl groups is 1. The van der Waals surface area contributed by atoms with E-state index in [1.54, 1.807) is 0 Å². The van der Waals surface area contributed by atoms with Gasteiger partial charge in [-0.15, -0.1) is 0 Å². The zero-order chi connectivity index (χ0) is 14.2. The number of amides is 1. The molecule has 3 N–H and O–H groups in total. The Morgan fingerprint density at radius 1 is 0.950 bits per heavy atom. The van der Waals surface area contributed by atoms with Crippen molar-refractivity contribution in [2.24, 2.45) is 0 Å². The van der Waals surface area contributed by atoms with Gasteiger partial charge in [-0.1, -0.05) is 36.4 Å². The predicted octanol–water partition coefficient (Wildman–Crippen LogP) is 2.49. The van der Waals surface area contributed by atoms with Gasteiger partial charge < -0.3 is 15.7 Å². The van der Waals surface area contributed by atoms with Crippen LogP contribution >= 0.6 is 0 Å². The quantitative estimate of drug-likeness (QED) is 0.755. The summed E-state index contributed by atoms with van der Waals surface area (Å²) in [6, 6.07) is 18.3. The van der Waals surface area contributed by atoms with E-state index in [-0.39, 0.29) is 12.5 Å². The van der Waals surface area contributed by atoms with Crippen LogP contribution in [0, 0.1) is 0 Å². The fraction of sp³-hybridized carbons (Fsp3) is 0.188. The summed E-state index contributed by atoms with van der Waals surface area (Å²) in [5, 5.41) is 15.1. The van der Waals surface area contributed by atoms with Crippen molar-refractivity contribution in [3.05, 3.63) is 60.7 Å². The van der Waals surface area contributed by atoms with Crippen LogP contribution in [0.2, 0.25) is 0 Å². The van der Waals surface area contributed by atoms with E-state index in [0.29, 0.717) is 6.42 Å². The lowest BCUT2D eigenvalue weighted by Gasteiger charge is -2.18. The third-order valence-electron chi connectivity index (χ3n) is 2.89. The molecule has 0 aromatic heterocycles. The highest BCUT2D eigenvalue weighted by atomic mass is 16.3. The molecule has 20 heavy (non-hydrogen) atoms. The van der Waals surface area contributed by atoms with Crippen molar-refractivity contribution in [2.75, 3.05) is 17.2 Å². The number of carbonyl (C=O) groups is 1. The van der Waals surface area contributed by atoms with Crippen LogP contribution in [0.4, 0.5) is 11.4 Å². The van der Waals surface area contributed by atoms with E-state index in [1.165, 1.54) is 0 Å². The molecule has 0 aliphatic rings. The van der Waals surface area contributed by atoms with Crippen LogP contribution < -0.4 is 10.6 Å². The lowest BCUT2D eigenvalue weighted by molar-refractivity contribution is -0.117. The van der Waals surface area contributed by atoms with Crippen LogP contribution in [-0.4, -0.2) is 23.7 Å². The molecule has 0 fully saturated rings. The van der Waals surface area contributed by atoms with Crippen LogP contribution in [0.15, 0.2) is 60.7 Å². The molecule has 0 heterocycles. The molecular weight excluding hydrogens is 252 g/mol. The summed E-state index contributed by atoms with van der Waals surface area (Å²) >= 11 is 0. The Kier molecular flexibility index (Phi) is 5.15. The van der Waals surface area contributed by atoms with E-state index in [2.05, 4.69) is 10.6 Å². The molecule has 2 rings (SSSR count). The van der Waals surface area contributed by atoms with Gasteiger partial charge in [0.15, 0.2) is 0 Å². The fourth-order valence-electron chi connectivity index (χ4n) is 1.88. The largest absolute Gasteiger partial charge is 0.396 e. The van der Waals surface area contributed by atoms with Crippen molar-refractivity contribution < 1.29 is 9.90 Å². The molecule has 1 unspecified atom stereocenters. The molecule has 0 bridgehead atoms. The predicted molar refractivity (Wildman–Crippen MR) is 80.6 cm³/mol. The molecule has 0 saturated heterocycles. The lowest BCUT2D eigenvalue weighted by Crippen LogP contribution is -2.35. The lowest BCUT2D eigenvalue weighted by atomic mass is 10.1. The number of para-hydroxylation sites is 2. The molecule has 1 amide bonds. The molecule has 2 aromatic rings. The number of hydrogen-bond acceptors (Lipinski definition) is 3. The van der Waals surface area contributed by atoms with E-state index < -0.39 is 6.04 Å². The highest BCUT2D eigenvalue weighted by Gasteiger charge is 2.17. The number of aliphatic hydroxyl groups excluding tert-OH is 1. The van der Waals surface area contributed by atoms with Gasteiger partial charge >= 0.3 is 0 Å². The van der Waals surface area contributed by atoms with Gasteiger partial charge in [-0.25, -0.2) is 0 Å². The van der Waals surface area contributed by atoms with Crippen molar-refractivity contribution in [1.82, 2.24) is 0 Å². The van der Waals surface area contributed by atoms with E-state index in [4.69, 9.17) is 5.11 Å². The first-order valence-corrected chi connectivity index (χ1v) is 6.58. The minimum absolute atomic E-state index is 0.0489. The third-order valence-corrected chi connectivity index (χ3v) is 2.89. The Hall–Kier alpha value is -2.33. The average Bonchev–Trinajstić information content (AvgIpc) is 2.49. The molecule has 0 aliphatic carbocycles. The van der Waals surface area contributed by atoms with Gasteiger partial charge in [0, 0.05) is 18.0 Å². The van der Waals surface area contributed by atoms with Crippen LogP contribution in [0.1, 0.15) is 6.42 Å². The summed E-state index contributed by atoms with van der Waals surface area (Å²) < 4.78 is 0. The monoisotopic (exact) mass is 270 g/mol. The summed E-state index contributed by atoms with van der Waals surface area (Å²) in [7, 11) is 0. The van der Waals surface area contributed by atoms with Crippen molar-refractivity contribution in [1.29, 1.82) is 0 Å². The maximum Gasteiger partial charge on any atom is 0.246 e. The Morgan fingerprint density at radius 2 is 1.50 bits per heavy atom. The van der Waals surface area contributed by atoms with Gasteiger partial charge in [-0.2, -0.15) is 0 Å². The second-order valence-electron chi connectivity index (χ2n) is 4.43. The molecule has 104 valence electrons. The molecule has 0 saturated carbocycles. The highest BCUT2D eigenvalue weighted by Crippen LogP contribution is 2.11. The van der Waals surface area contributed by atoms with E-state index >= 15 is 0 Å². The zero-order valence-electron chi connectivity index (χ0n) is 11.1. The van der Waals surface area contributed by atoms with Gasteiger partial charge in [0.05, 0.1) is 0 Å². The smallest absolute Gasteiger partial charge is 0.246 e. The number of anilines is 2. The van der Waals surface area contributed by atoms with E-state index in [9.17, 15) is 4.79 Å². The van der Waals surface area contributed by atoms with Crippen LogP contribution in [0.5, 0.6) is 0 Å². The normalized spacial score (nSPS) is 11.7. The SMILES string of the molecule is O=C(Nc1ccccc1)C(CCO)Nc1ccccc1. The number of nitrogens with one attached hydrogen (secondary N) is 2. The number of carbonyl (C=O) groups excluding carboxylic acids is 1.